The van der Waals surface area contributed by atoms with E-state index < -0.39 is 17.8 Å². The normalized spacial score (nSPS) is 15.5. The van der Waals surface area contributed by atoms with Crippen molar-refractivity contribution in [3.8, 4) is 5.69 Å². The van der Waals surface area contributed by atoms with E-state index in [1.807, 2.05) is 31.4 Å². The number of amides is 4. The molecule has 0 bridgehead atoms. The molecule has 0 radical (unpaired) electrons. The monoisotopic (exact) mass is 417 g/mol. The van der Waals surface area contributed by atoms with Crippen LogP contribution in [0.2, 0.25) is 0 Å². The van der Waals surface area contributed by atoms with Crippen molar-refractivity contribution in [3.63, 3.8) is 0 Å². The Balaban J connectivity index is 1.75. The third-order valence-electron chi connectivity index (χ3n) is 5.25. The molecule has 0 saturated carbocycles. The van der Waals surface area contributed by atoms with Gasteiger partial charge in [0.05, 0.1) is 5.69 Å². The average molecular weight is 417 g/mol. The van der Waals surface area contributed by atoms with Gasteiger partial charge in [0.2, 0.25) is 0 Å². The van der Waals surface area contributed by atoms with E-state index in [0.29, 0.717) is 11.3 Å². The van der Waals surface area contributed by atoms with E-state index in [1.165, 1.54) is 18.2 Å². The van der Waals surface area contributed by atoms with Crippen LogP contribution in [-0.4, -0.2) is 22.4 Å². The predicted octanol–water partition coefficient (Wildman–Crippen LogP) is 4.21. The summed E-state index contributed by atoms with van der Waals surface area (Å²) in [6.45, 7) is 5.62. The fourth-order valence-electron chi connectivity index (χ4n) is 3.66. The van der Waals surface area contributed by atoms with Crippen LogP contribution >= 0.6 is 0 Å². The lowest BCUT2D eigenvalue weighted by Gasteiger charge is -2.26. The summed E-state index contributed by atoms with van der Waals surface area (Å²) in [5.74, 6) is -1.77. The van der Waals surface area contributed by atoms with Crippen LogP contribution in [-0.2, 0) is 9.59 Å². The number of benzene rings is 2. The zero-order valence-electron chi connectivity index (χ0n) is 17.3. The second kappa shape index (κ2) is 7.68. The number of hydrogen-bond acceptors (Lipinski definition) is 3. The van der Waals surface area contributed by atoms with Crippen molar-refractivity contribution in [1.29, 1.82) is 0 Å². The van der Waals surface area contributed by atoms with Gasteiger partial charge in [-0.15, -0.1) is 0 Å². The van der Waals surface area contributed by atoms with E-state index in [1.54, 1.807) is 36.4 Å². The first-order valence-corrected chi connectivity index (χ1v) is 9.69. The van der Waals surface area contributed by atoms with Gasteiger partial charge in [0, 0.05) is 17.1 Å². The Bertz CT molecular complexity index is 1240. The van der Waals surface area contributed by atoms with Crippen LogP contribution in [0.15, 0.2) is 60.2 Å². The minimum absolute atomic E-state index is 0.139. The lowest BCUT2D eigenvalue weighted by molar-refractivity contribution is -0.122. The van der Waals surface area contributed by atoms with Crippen LogP contribution in [0.3, 0.4) is 0 Å². The highest BCUT2D eigenvalue weighted by atomic mass is 19.1. The molecule has 1 saturated heterocycles. The molecule has 4 rings (SSSR count). The maximum Gasteiger partial charge on any atom is 0.335 e. The van der Waals surface area contributed by atoms with Crippen LogP contribution in [0.25, 0.3) is 11.8 Å². The van der Waals surface area contributed by atoms with E-state index in [4.69, 9.17) is 0 Å². The highest BCUT2D eigenvalue weighted by Gasteiger charge is 2.37. The van der Waals surface area contributed by atoms with Crippen LogP contribution in [0.1, 0.15) is 22.5 Å². The Hall–Kier alpha value is -4.00. The number of nitrogens with one attached hydrogen (secondary N) is 1. The van der Waals surface area contributed by atoms with Gasteiger partial charge in [-0.05, 0) is 74.9 Å². The number of urea groups is 1. The third kappa shape index (κ3) is 3.66. The topological polar surface area (TPSA) is 71.4 Å². The number of aryl methyl sites for hydroxylation is 2. The van der Waals surface area contributed by atoms with Gasteiger partial charge in [-0.25, -0.2) is 14.1 Å². The summed E-state index contributed by atoms with van der Waals surface area (Å²) in [6, 6.07) is 14.0. The molecule has 2 heterocycles. The number of carbonyl (C=O) groups excluding carboxylic acids is 3. The molecule has 1 fully saturated rings. The number of imide groups is 2. The molecular formula is C24H20FN3O3. The summed E-state index contributed by atoms with van der Waals surface area (Å²) in [5.41, 5.74) is 4.26. The first kappa shape index (κ1) is 20.3. The van der Waals surface area contributed by atoms with E-state index in [-0.39, 0.29) is 11.4 Å². The molecular weight excluding hydrogens is 397 g/mol. The summed E-state index contributed by atoms with van der Waals surface area (Å²) < 4.78 is 15.2. The number of aromatic nitrogens is 1. The summed E-state index contributed by atoms with van der Waals surface area (Å²) in [7, 11) is 0. The smallest absolute Gasteiger partial charge is 0.318 e. The lowest BCUT2D eigenvalue weighted by atomic mass is 10.1. The lowest BCUT2D eigenvalue weighted by Crippen LogP contribution is -2.54. The molecule has 7 heteroatoms. The van der Waals surface area contributed by atoms with Crippen LogP contribution in [0, 0.1) is 26.6 Å². The summed E-state index contributed by atoms with van der Waals surface area (Å²) in [5, 5.41) is 2.23. The van der Waals surface area contributed by atoms with Gasteiger partial charge in [-0.3, -0.25) is 14.9 Å². The minimum Gasteiger partial charge on any atom is -0.318 e. The summed E-state index contributed by atoms with van der Waals surface area (Å²) in [6.07, 6.45) is 1.48. The number of nitrogens with zero attached hydrogens (tertiary/aromatic N) is 2. The van der Waals surface area contributed by atoms with Crippen molar-refractivity contribution >= 4 is 29.6 Å². The molecule has 1 N–H and O–H groups in total. The van der Waals surface area contributed by atoms with Crippen molar-refractivity contribution in [2.24, 2.45) is 0 Å². The first-order chi connectivity index (χ1) is 14.8. The van der Waals surface area contributed by atoms with E-state index in [2.05, 4.69) is 5.32 Å². The molecule has 1 aliphatic rings. The predicted molar refractivity (Wildman–Crippen MR) is 115 cm³/mol. The Morgan fingerprint density at radius 2 is 1.48 bits per heavy atom. The van der Waals surface area contributed by atoms with Gasteiger partial charge in [0.15, 0.2) is 0 Å². The summed E-state index contributed by atoms with van der Waals surface area (Å²) in [4.78, 5) is 38.8. The number of carbonyl (C=O) groups is 3. The molecule has 1 aliphatic heterocycles. The van der Waals surface area contributed by atoms with Crippen molar-refractivity contribution in [3.05, 3.63) is 88.5 Å². The zero-order chi connectivity index (χ0) is 22.3. The van der Waals surface area contributed by atoms with Gasteiger partial charge >= 0.3 is 6.03 Å². The molecule has 1 aromatic heterocycles. The second-order valence-electron chi connectivity index (χ2n) is 7.43. The quantitative estimate of drug-likeness (QED) is 0.513. The fraction of sp³-hybridized carbons (Fsp3) is 0.125. The number of hydrogen-bond donors (Lipinski definition) is 1. The third-order valence-corrected chi connectivity index (χ3v) is 5.25. The SMILES string of the molecule is Cc1ccc(N2C(=O)NC(=O)C(=Cc3cc(C)n(-c4ccc(F)cc4)c3C)C2=O)cc1. The Kier molecular flexibility index (Phi) is 5.02. The zero-order valence-corrected chi connectivity index (χ0v) is 17.3. The van der Waals surface area contributed by atoms with Crippen LogP contribution in [0.4, 0.5) is 14.9 Å². The maximum atomic E-state index is 13.3. The Morgan fingerprint density at radius 3 is 2.13 bits per heavy atom. The molecule has 2 aromatic carbocycles. The number of halogens is 1. The molecule has 156 valence electrons. The van der Waals surface area contributed by atoms with Crippen LogP contribution in [0.5, 0.6) is 0 Å². The molecule has 0 aliphatic carbocycles. The van der Waals surface area contributed by atoms with Crippen molar-refractivity contribution < 1.29 is 18.8 Å². The average Bonchev–Trinajstić information content (AvgIpc) is 3.00. The standard InChI is InChI=1S/C24H20FN3O3/c1-14-4-8-20(9-5-14)28-23(30)21(22(29)26-24(28)31)13-17-12-15(2)27(16(17)3)19-10-6-18(25)7-11-19/h4-13H,1-3H3,(H,26,29,31). The second-order valence-corrected chi connectivity index (χ2v) is 7.43. The molecule has 31 heavy (non-hydrogen) atoms. The van der Waals surface area contributed by atoms with Gasteiger partial charge in [-0.1, -0.05) is 17.7 Å². The molecule has 0 unspecified atom stereocenters. The highest BCUT2D eigenvalue weighted by molar-refractivity contribution is 6.39. The van der Waals surface area contributed by atoms with Gasteiger partial charge in [0.1, 0.15) is 11.4 Å². The van der Waals surface area contributed by atoms with Gasteiger partial charge < -0.3 is 4.57 Å². The first-order valence-electron chi connectivity index (χ1n) is 9.69. The number of rotatable bonds is 3. The minimum atomic E-state index is -0.784. The highest BCUT2D eigenvalue weighted by Crippen LogP contribution is 2.26. The van der Waals surface area contributed by atoms with E-state index in [9.17, 15) is 18.8 Å². The van der Waals surface area contributed by atoms with E-state index >= 15 is 0 Å². The van der Waals surface area contributed by atoms with Crippen molar-refractivity contribution in [2.45, 2.75) is 20.8 Å². The molecule has 6 nitrogen and oxygen atoms in total. The van der Waals surface area contributed by atoms with Crippen molar-refractivity contribution in [1.82, 2.24) is 9.88 Å². The molecule has 0 atom stereocenters. The molecule has 4 amide bonds. The van der Waals surface area contributed by atoms with Gasteiger partial charge in [-0.2, -0.15) is 0 Å². The largest absolute Gasteiger partial charge is 0.335 e. The molecule has 3 aromatic rings. The fourth-order valence-corrected chi connectivity index (χ4v) is 3.66. The van der Waals surface area contributed by atoms with Gasteiger partial charge in [0.25, 0.3) is 11.8 Å². The summed E-state index contributed by atoms with van der Waals surface area (Å²) >= 11 is 0. The number of anilines is 1. The maximum absolute atomic E-state index is 13.3. The Labute approximate surface area is 178 Å². The molecule has 0 spiro atoms. The van der Waals surface area contributed by atoms with Crippen molar-refractivity contribution in [2.75, 3.05) is 4.90 Å². The number of barbiturate groups is 1. The van der Waals surface area contributed by atoms with E-state index in [0.717, 1.165) is 27.5 Å². The Morgan fingerprint density at radius 1 is 0.871 bits per heavy atom. The van der Waals surface area contributed by atoms with Crippen LogP contribution < -0.4 is 10.2 Å².